The standard InChI is InChI=1S/C20H19BrN2O3/c1-12(13-7-6-8-14(21)11-13)22-19(24)17-15-9-4-5-10-16(15)23(2)20(25)18(17)26-3/h4-12H,1-3H3,(H,22,24). The predicted octanol–water partition coefficient (Wildman–Crippen LogP) is 3.80. The van der Waals surface area contributed by atoms with Gasteiger partial charge in [-0.2, -0.15) is 0 Å². The molecule has 2 aromatic carbocycles. The molecule has 6 heteroatoms. The maximum atomic E-state index is 13.0. The van der Waals surface area contributed by atoms with Crippen LogP contribution in [0, 0.1) is 0 Å². The molecule has 1 aromatic heterocycles. The number of fused-ring (bicyclic) bond motifs is 1. The van der Waals surface area contributed by atoms with E-state index in [4.69, 9.17) is 4.74 Å². The van der Waals surface area contributed by atoms with Gasteiger partial charge in [0, 0.05) is 16.9 Å². The van der Waals surface area contributed by atoms with E-state index in [9.17, 15) is 9.59 Å². The Labute approximate surface area is 159 Å². The van der Waals surface area contributed by atoms with E-state index in [0.717, 1.165) is 10.0 Å². The van der Waals surface area contributed by atoms with Crippen molar-refractivity contribution in [2.45, 2.75) is 13.0 Å². The van der Waals surface area contributed by atoms with Crippen LogP contribution < -0.4 is 15.6 Å². The summed E-state index contributed by atoms with van der Waals surface area (Å²) >= 11 is 3.44. The van der Waals surface area contributed by atoms with Crippen LogP contribution in [0.4, 0.5) is 0 Å². The van der Waals surface area contributed by atoms with Crippen molar-refractivity contribution in [2.24, 2.45) is 7.05 Å². The normalized spacial score (nSPS) is 12.0. The van der Waals surface area contributed by atoms with E-state index in [-0.39, 0.29) is 28.8 Å². The summed E-state index contributed by atoms with van der Waals surface area (Å²) < 4.78 is 7.72. The van der Waals surface area contributed by atoms with E-state index in [1.165, 1.54) is 11.7 Å². The summed E-state index contributed by atoms with van der Waals surface area (Å²) in [5.74, 6) is -0.298. The lowest BCUT2D eigenvalue weighted by molar-refractivity contribution is 0.0938. The van der Waals surface area contributed by atoms with Crippen LogP contribution >= 0.6 is 15.9 Å². The van der Waals surface area contributed by atoms with Crippen LogP contribution in [0.15, 0.2) is 57.8 Å². The minimum atomic E-state index is -0.344. The number of carbonyl (C=O) groups is 1. The number of nitrogens with one attached hydrogen (secondary N) is 1. The third-order valence-corrected chi connectivity index (χ3v) is 4.88. The first-order valence-corrected chi connectivity index (χ1v) is 8.95. The number of carbonyl (C=O) groups excluding carboxylic acids is 1. The molecule has 1 unspecified atom stereocenters. The molecule has 5 nitrogen and oxygen atoms in total. The van der Waals surface area contributed by atoms with Crippen molar-refractivity contribution in [1.29, 1.82) is 0 Å². The minimum Gasteiger partial charge on any atom is -0.490 e. The van der Waals surface area contributed by atoms with E-state index < -0.39 is 0 Å². The summed E-state index contributed by atoms with van der Waals surface area (Å²) in [5.41, 5.74) is 1.55. The molecule has 26 heavy (non-hydrogen) atoms. The van der Waals surface area contributed by atoms with Gasteiger partial charge in [0.2, 0.25) is 0 Å². The molecule has 1 heterocycles. The molecule has 0 radical (unpaired) electrons. The van der Waals surface area contributed by atoms with Crippen molar-refractivity contribution in [2.75, 3.05) is 7.11 Å². The number of methoxy groups -OCH3 is 1. The van der Waals surface area contributed by atoms with Gasteiger partial charge in [-0.3, -0.25) is 9.59 Å². The molecule has 3 aromatic rings. The number of amides is 1. The summed E-state index contributed by atoms with van der Waals surface area (Å²) in [6.07, 6.45) is 0. The zero-order valence-electron chi connectivity index (χ0n) is 14.7. The number of hydrogen-bond acceptors (Lipinski definition) is 3. The van der Waals surface area contributed by atoms with Gasteiger partial charge in [0.05, 0.1) is 24.2 Å². The van der Waals surface area contributed by atoms with Crippen LogP contribution in [0.1, 0.15) is 28.9 Å². The summed E-state index contributed by atoms with van der Waals surface area (Å²) in [5, 5.41) is 3.64. The first kappa shape index (κ1) is 18.2. The van der Waals surface area contributed by atoms with Gasteiger partial charge in [-0.05, 0) is 30.7 Å². The van der Waals surface area contributed by atoms with Gasteiger partial charge in [-0.15, -0.1) is 0 Å². The molecule has 0 saturated carbocycles. The first-order valence-electron chi connectivity index (χ1n) is 8.16. The molecule has 134 valence electrons. The van der Waals surface area contributed by atoms with Gasteiger partial charge < -0.3 is 14.6 Å². The van der Waals surface area contributed by atoms with Crippen LogP contribution in [0.25, 0.3) is 10.9 Å². The zero-order valence-corrected chi connectivity index (χ0v) is 16.3. The fourth-order valence-corrected chi connectivity index (χ4v) is 3.43. The Morgan fingerprint density at radius 2 is 1.92 bits per heavy atom. The van der Waals surface area contributed by atoms with Gasteiger partial charge >= 0.3 is 0 Å². The first-order chi connectivity index (χ1) is 12.4. The van der Waals surface area contributed by atoms with Crippen LogP contribution in [0.5, 0.6) is 5.75 Å². The quantitative estimate of drug-likeness (QED) is 0.705. The highest BCUT2D eigenvalue weighted by molar-refractivity contribution is 9.10. The lowest BCUT2D eigenvalue weighted by Crippen LogP contribution is -2.30. The third-order valence-electron chi connectivity index (χ3n) is 4.39. The van der Waals surface area contributed by atoms with Gasteiger partial charge in [0.25, 0.3) is 11.5 Å². The summed E-state index contributed by atoms with van der Waals surface area (Å²) in [6, 6.07) is 14.8. The number of halogens is 1. The Morgan fingerprint density at radius 1 is 1.19 bits per heavy atom. The van der Waals surface area contributed by atoms with Crippen LogP contribution in [0.2, 0.25) is 0 Å². The molecule has 0 bridgehead atoms. The summed E-state index contributed by atoms with van der Waals surface area (Å²) in [4.78, 5) is 25.6. The Bertz CT molecular complexity index is 1040. The van der Waals surface area contributed by atoms with E-state index in [2.05, 4.69) is 21.2 Å². The van der Waals surface area contributed by atoms with E-state index >= 15 is 0 Å². The molecular formula is C20H19BrN2O3. The van der Waals surface area contributed by atoms with Gasteiger partial charge in [-0.1, -0.05) is 46.3 Å². The lowest BCUT2D eigenvalue weighted by atomic mass is 10.0. The smallest absolute Gasteiger partial charge is 0.293 e. The van der Waals surface area contributed by atoms with Crippen molar-refractivity contribution >= 4 is 32.7 Å². The van der Waals surface area contributed by atoms with Gasteiger partial charge in [0.15, 0.2) is 5.75 Å². The topological polar surface area (TPSA) is 60.3 Å². The van der Waals surface area contributed by atoms with Crippen molar-refractivity contribution < 1.29 is 9.53 Å². The van der Waals surface area contributed by atoms with Crippen molar-refractivity contribution in [3.05, 3.63) is 74.5 Å². The SMILES string of the molecule is COc1c(C(=O)NC(C)c2cccc(Br)c2)c2ccccc2n(C)c1=O. The van der Waals surface area contributed by atoms with Crippen molar-refractivity contribution in [3.8, 4) is 5.75 Å². The number of rotatable bonds is 4. The molecule has 1 atom stereocenters. The fraction of sp³-hybridized carbons (Fsp3) is 0.200. The fourth-order valence-electron chi connectivity index (χ4n) is 3.01. The second-order valence-electron chi connectivity index (χ2n) is 6.04. The molecule has 1 amide bonds. The second kappa shape index (κ2) is 7.33. The van der Waals surface area contributed by atoms with Crippen LogP contribution in [-0.4, -0.2) is 17.6 Å². The molecule has 0 aliphatic rings. The molecule has 0 aliphatic carbocycles. The second-order valence-corrected chi connectivity index (χ2v) is 6.96. The van der Waals surface area contributed by atoms with Crippen molar-refractivity contribution in [3.63, 3.8) is 0 Å². The molecule has 0 aliphatic heterocycles. The lowest BCUT2D eigenvalue weighted by Gasteiger charge is -2.18. The number of pyridine rings is 1. The van der Waals surface area contributed by atoms with Crippen LogP contribution in [0.3, 0.4) is 0 Å². The van der Waals surface area contributed by atoms with Gasteiger partial charge in [-0.25, -0.2) is 0 Å². The Balaban J connectivity index is 2.08. The number of para-hydroxylation sites is 1. The maximum absolute atomic E-state index is 13.0. The molecule has 0 saturated heterocycles. The van der Waals surface area contributed by atoms with Crippen molar-refractivity contribution in [1.82, 2.24) is 9.88 Å². The molecule has 3 rings (SSSR count). The van der Waals surface area contributed by atoms with E-state index in [0.29, 0.717) is 10.9 Å². The molecule has 0 spiro atoms. The highest BCUT2D eigenvalue weighted by atomic mass is 79.9. The Kier molecular flexibility index (Phi) is 5.13. The number of hydrogen-bond donors (Lipinski definition) is 1. The Morgan fingerprint density at radius 3 is 2.62 bits per heavy atom. The van der Waals surface area contributed by atoms with E-state index in [1.807, 2.05) is 55.5 Å². The third kappa shape index (κ3) is 3.24. The predicted molar refractivity (Wildman–Crippen MR) is 106 cm³/mol. The minimum absolute atomic E-state index is 0.0464. The Hall–Kier alpha value is -2.60. The number of benzene rings is 2. The van der Waals surface area contributed by atoms with Gasteiger partial charge in [0.1, 0.15) is 0 Å². The zero-order chi connectivity index (χ0) is 18.8. The highest BCUT2D eigenvalue weighted by Gasteiger charge is 2.23. The summed E-state index contributed by atoms with van der Waals surface area (Å²) in [6.45, 7) is 1.90. The average Bonchev–Trinajstić information content (AvgIpc) is 2.64. The van der Waals surface area contributed by atoms with Crippen LogP contribution in [-0.2, 0) is 7.05 Å². The molecule has 1 N–H and O–H groups in total. The highest BCUT2D eigenvalue weighted by Crippen LogP contribution is 2.25. The van der Waals surface area contributed by atoms with E-state index in [1.54, 1.807) is 7.05 Å². The largest absolute Gasteiger partial charge is 0.490 e. The number of ether oxygens (including phenoxy) is 1. The number of nitrogens with zero attached hydrogens (tertiary/aromatic N) is 1. The monoisotopic (exact) mass is 414 g/mol. The number of aromatic nitrogens is 1. The summed E-state index contributed by atoms with van der Waals surface area (Å²) in [7, 11) is 3.07. The number of aryl methyl sites for hydroxylation is 1. The molecule has 0 fully saturated rings. The molecular weight excluding hydrogens is 396 g/mol. The average molecular weight is 415 g/mol. The maximum Gasteiger partial charge on any atom is 0.293 e.